The van der Waals surface area contributed by atoms with Gasteiger partial charge in [0.2, 0.25) is 5.56 Å². The van der Waals surface area contributed by atoms with Crippen molar-refractivity contribution >= 4 is 15.7 Å². The average molecular weight is 282 g/mol. The molecule has 0 saturated heterocycles. The maximum Gasteiger partial charge on any atom is 0.263 e. The van der Waals surface area contributed by atoms with E-state index in [2.05, 4.69) is 9.71 Å². The SMILES string of the molecule is Cc1cc(F)ccc1NS(=O)(=O)c1ccc(=O)[nH]c1. The molecular formula is C12H11FN2O3S. The minimum Gasteiger partial charge on any atom is -0.328 e. The van der Waals surface area contributed by atoms with Crippen LogP contribution in [0.5, 0.6) is 0 Å². The van der Waals surface area contributed by atoms with Crippen LogP contribution < -0.4 is 10.3 Å². The minimum absolute atomic E-state index is 0.0733. The second kappa shape index (κ2) is 4.85. The highest BCUT2D eigenvalue weighted by Gasteiger charge is 2.15. The van der Waals surface area contributed by atoms with Crippen LogP contribution in [0.25, 0.3) is 0 Å². The van der Waals surface area contributed by atoms with Gasteiger partial charge in [-0.25, -0.2) is 12.8 Å². The van der Waals surface area contributed by atoms with Gasteiger partial charge in [0.05, 0.1) is 5.69 Å². The third kappa shape index (κ3) is 3.00. The van der Waals surface area contributed by atoms with Crippen LogP contribution in [0, 0.1) is 12.7 Å². The number of aromatic nitrogens is 1. The summed E-state index contributed by atoms with van der Waals surface area (Å²) in [6.07, 6.45) is 1.10. The zero-order valence-corrected chi connectivity index (χ0v) is 10.8. The van der Waals surface area contributed by atoms with E-state index in [4.69, 9.17) is 0 Å². The van der Waals surface area contributed by atoms with Gasteiger partial charge in [0.15, 0.2) is 0 Å². The first kappa shape index (κ1) is 13.3. The first-order valence-corrected chi connectivity index (χ1v) is 6.84. The molecule has 1 aromatic heterocycles. The Balaban J connectivity index is 2.36. The number of aromatic amines is 1. The number of benzene rings is 1. The van der Waals surface area contributed by atoms with Crippen molar-refractivity contribution in [2.45, 2.75) is 11.8 Å². The Labute approximate surface area is 109 Å². The molecule has 0 unspecified atom stereocenters. The minimum atomic E-state index is -3.81. The van der Waals surface area contributed by atoms with E-state index in [1.165, 1.54) is 18.2 Å². The molecule has 0 fully saturated rings. The zero-order valence-electron chi connectivity index (χ0n) is 9.98. The van der Waals surface area contributed by atoms with Gasteiger partial charge in [0.25, 0.3) is 10.0 Å². The molecule has 0 saturated carbocycles. The van der Waals surface area contributed by atoms with Crippen LogP contribution in [0.15, 0.2) is 46.2 Å². The second-order valence-corrected chi connectivity index (χ2v) is 5.64. The Kier molecular flexibility index (Phi) is 3.39. The first-order valence-electron chi connectivity index (χ1n) is 5.36. The summed E-state index contributed by atoms with van der Waals surface area (Å²) in [7, 11) is -3.81. The van der Waals surface area contributed by atoms with Crippen LogP contribution in [-0.4, -0.2) is 13.4 Å². The Morgan fingerprint density at radius 2 is 1.95 bits per heavy atom. The number of anilines is 1. The van der Waals surface area contributed by atoms with Gasteiger partial charge >= 0.3 is 0 Å². The number of pyridine rings is 1. The summed E-state index contributed by atoms with van der Waals surface area (Å²) in [5, 5.41) is 0. The maximum atomic E-state index is 12.9. The fourth-order valence-electron chi connectivity index (χ4n) is 1.51. The zero-order chi connectivity index (χ0) is 14.0. The molecule has 0 radical (unpaired) electrons. The number of hydrogen-bond acceptors (Lipinski definition) is 3. The van der Waals surface area contributed by atoms with Crippen molar-refractivity contribution in [3.05, 3.63) is 58.3 Å². The molecule has 0 aliphatic rings. The lowest BCUT2D eigenvalue weighted by Crippen LogP contribution is -2.15. The molecule has 5 nitrogen and oxygen atoms in total. The molecule has 100 valence electrons. The van der Waals surface area contributed by atoms with E-state index in [9.17, 15) is 17.6 Å². The molecule has 0 aliphatic heterocycles. The number of H-pyrrole nitrogens is 1. The standard InChI is InChI=1S/C12H11FN2O3S/c1-8-6-9(13)2-4-11(8)15-19(17,18)10-3-5-12(16)14-7-10/h2-7,15H,1H3,(H,14,16). The highest BCUT2D eigenvalue weighted by molar-refractivity contribution is 7.92. The van der Waals surface area contributed by atoms with Crippen molar-refractivity contribution in [3.63, 3.8) is 0 Å². The van der Waals surface area contributed by atoms with Crippen molar-refractivity contribution in [2.24, 2.45) is 0 Å². The van der Waals surface area contributed by atoms with Crippen LogP contribution in [0.1, 0.15) is 5.56 Å². The molecule has 1 heterocycles. The molecule has 0 aliphatic carbocycles. The molecular weight excluding hydrogens is 271 g/mol. The van der Waals surface area contributed by atoms with E-state index in [0.717, 1.165) is 18.3 Å². The van der Waals surface area contributed by atoms with Gasteiger partial charge in [-0.2, -0.15) is 0 Å². The normalized spacial score (nSPS) is 11.3. The number of sulfonamides is 1. The Morgan fingerprint density at radius 1 is 1.21 bits per heavy atom. The van der Waals surface area contributed by atoms with E-state index in [1.54, 1.807) is 6.92 Å². The number of rotatable bonds is 3. The first-order chi connectivity index (χ1) is 8.88. The fraction of sp³-hybridized carbons (Fsp3) is 0.0833. The Bertz CT molecular complexity index is 748. The highest BCUT2D eigenvalue weighted by Crippen LogP contribution is 2.19. The van der Waals surface area contributed by atoms with Crippen LogP contribution >= 0.6 is 0 Å². The van der Waals surface area contributed by atoms with Crippen LogP contribution in [0.4, 0.5) is 10.1 Å². The monoisotopic (exact) mass is 282 g/mol. The maximum absolute atomic E-state index is 12.9. The highest BCUT2D eigenvalue weighted by atomic mass is 32.2. The summed E-state index contributed by atoms with van der Waals surface area (Å²) < 4.78 is 39.3. The topological polar surface area (TPSA) is 79.0 Å². The van der Waals surface area contributed by atoms with Crippen LogP contribution in [-0.2, 0) is 10.0 Å². The molecule has 0 amide bonds. The number of nitrogens with one attached hydrogen (secondary N) is 2. The lowest BCUT2D eigenvalue weighted by molar-refractivity contribution is 0.600. The number of aryl methyl sites for hydroxylation is 1. The predicted octanol–water partition coefficient (Wildman–Crippen LogP) is 1.62. The van der Waals surface area contributed by atoms with Crippen molar-refractivity contribution in [2.75, 3.05) is 4.72 Å². The van der Waals surface area contributed by atoms with Gasteiger partial charge in [-0.3, -0.25) is 9.52 Å². The summed E-state index contributed by atoms with van der Waals surface area (Å²) in [6.45, 7) is 1.59. The second-order valence-electron chi connectivity index (χ2n) is 3.95. The average Bonchev–Trinajstić information content (AvgIpc) is 2.33. The van der Waals surface area contributed by atoms with E-state index >= 15 is 0 Å². The third-order valence-corrected chi connectivity index (χ3v) is 3.86. The third-order valence-electron chi connectivity index (χ3n) is 2.50. The largest absolute Gasteiger partial charge is 0.328 e. The number of hydrogen-bond donors (Lipinski definition) is 2. The van der Waals surface area contributed by atoms with Gasteiger partial charge in [-0.05, 0) is 36.8 Å². The number of halogens is 1. The molecule has 1 aromatic carbocycles. The molecule has 7 heteroatoms. The molecule has 2 aromatic rings. The smallest absolute Gasteiger partial charge is 0.263 e. The summed E-state index contributed by atoms with van der Waals surface area (Å²) in [6, 6.07) is 6.04. The van der Waals surface area contributed by atoms with Gasteiger partial charge in [-0.1, -0.05) is 0 Å². The quantitative estimate of drug-likeness (QED) is 0.898. The van der Waals surface area contributed by atoms with Crippen LogP contribution in [0.3, 0.4) is 0 Å². The molecule has 0 atom stereocenters. The summed E-state index contributed by atoms with van der Waals surface area (Å²) in [5.41, 5.74) is 0.359. The van der Waals surface area contributed by atoms with E-state index in [-0.39, 0.29) is 10.6 Å². The molecule has 2 N–H and O–H groups in total. The Hall–Kier alpha value is -2.15. The molecule has 0 spiro atoms. The van der Waals surface area contributed by atoms with Crippen molar-refractivity contribution in [3.8, 4) is 0 Å². The molecule has 19 heavy (non-hydrogen) atoms. The van der Waals surface area contributed by atoms with Gasteiger partial charge in [-0.15, -0.1) is 0 Å². The van der Waals surface area contributed by atoms with Crippen LogP contribution in [0.2, 0.25) is 0 Å². The summed E-state index contributed by atoms with van der Waals surface area (Å²) in [4.78, 5) is 13.1. The molecule has 2 rings (SSSR count). The van der Waals surface area contributed by atoms with Gasteiger partial charge in [0, 0.05) is 12.3 Å². The molecule has 0 bridgehead atoms. The van der Waals surface area contributed by atoms with Crippen molar-refractivity contribution < 1.29 is 12.8 Å². The Morgan fingerprint density at radius 3 is 2.53 bits per heavy atom. The summed E-state index contributed by atoms with van der Waals surface area (Å²) in [5.74, 6) is -0.440. The van der Waals surface area contributed by atoms with Crippen molar-refractivity contribution in [1.29, 1.82) is 0 Å². The van der Waals surface area contributed by atoms with E-state index in [1.807, 2.05) is 0 Å². The van der Waals surface area contributed by atoms with E-state index < -0.39 is 21.4 Å². The summed E-state index contributed by atoms with van der Waals surface area (Å²) >= 11 is 0. The predicted molar refractivity (Wildman–Crippen MR) is 69.0 cm³/mol. The fourth-order valence-corrected chi connectivity index (χ4v) is 2.61. The van der Waals surface area contributed by atoms with E-state index in [0.29, 0.717) is 5.56 Å². The lowest BCUT2D eigenvalue weighted by Gasteiger charge is -2.10. The lowest BCUT2D eigenvalue weighted by atomic mass is 10.2. The van der Waals surface area contributed by atoms with Crippen molar-refractivity contribution in [1.82, 2.24) is 4.98 Å². The van der Waals surface area contributed by atoms with Gasteiger partial charge in [0.1, 0.15) is 10.7 Å². The van der Waals surface area contributed by atoms with Gasteiger partial charge < -0.3 is 4.98 Å².